The summed E-state index contributed by atoms with van der Waals surface area (Å²) in [6.45, 7) is 1.47. The van der Waals surface area contributed by atoms with Gasteiger partial charge in [0.2, 0.25) is 5.82 Å². The van der Waals surface area contributed by atoms with Crippen molar-refractivity contribution in [2.45, 2.75) is 19.4 Å². The molecule has 2 aromatic heterocycles. The normalized spacial score (nSPS) is 10.4. The summed E-state index contributed by atoms with van der Waals surface area (Å²) in [5, 5.41) is 14.0. The van der Waals surface area contributed by atoms with Crippen molar-refractivity contribution >= 4 is 23.1 Å². The van der Waals surface area contributed by atoms with Gasteiger partial charge >= 0.3 is 5.69 Å². The van der Waals surface area contributed by atoms with Gasteiger partial charge in [-0.05, 0) is 18.9 Å². The van der Waals surface area contributed by atoms with Gasteiger partial charge in [-0.25, -0.2) is 9.97 Å². The fourth-order valence-electron chi connectivity index (χ4n) is 1.75. The highest BCUT2D eigenvalue weighted by atomic mass is 35.5. The highest BCUT2D eigenvalue weighted by Crippen LogP contribution is 2.23. The molecule has 0 fully saturated rings. The Morgan fingerprint density at radius 2 is 2.25 bits per heavy atom. The number of nitrogens with zero attached hydrogens (tertiary/aromatic N) is 4. The summed E-state index contributed by atoms with van der Waals surface area (Å²) in [5.74, 6) is 0.213. The average molecular weight is 296 g/mol. The second kappa shape index (κ2) is 6.85. The first kappa shape index (κ1) is 14.3. The molecular weight excluding hydrogens is 282 g/mol. The zero-order chi connectivity index (χ0) is 14.4. The number of pyridine rings is 1. The van der Waals surface area contributed by atoms with Gasteiger partial charge in [0.1, 0.15) is 5.15 Å². The fourth-order valence-corrected chi connectivity index (χ4v) is 1.90. The van der Waals surface area contributed by atoms with Crippen molar-refractivity contribution in [3.63, 3.8) is 0 Å². The molecule has 0 radical (unpaired) electrons. The van der Waals surface area contributed by atoms with Gasteiger partial charge in [-0.3, -0.25) is 10.1 Å². The van der Waals surface area contributed by atoms with E-state index in [0.717, 1.165) is 19.4 Å². The van der Waals surface area contributed by atoms with Crippen molar-refractivity contribution < 1.29 is 4.92 Å². The van der Waals surface area contributed by atoms with Gasteiger partial charge in [0, 0.05) is 31.5 Å². The fraction of sp³-hybridized carbons (Fsp3) is 0.333. The molecule has 1 N–H and O–H groups in total. The van der Waals surface area contributed by atoms with E-state index >= 15 is 0 Å². The Morgan fingerprint density at radius 1 is 1.40 bits per heavy atom. The number of nitrogens with one attached hydrogen (secondary N) is 1. The smallest absolute Gasteiger partial charge is 0.311 e. The number of unbranched alkanes of at least 4 members (excludes halogenated alkanes) is 1. The van der Waals surface area contributed by atoms with Crippen LogP contribution in [0.3, 0.4) is 0 Å². The van der Waals surface area contributed by atoms with Crippen LogP contribution in [0.15, 0.2) is 30.9 Å². The Balaban J connectivity index is 1.81. The number of aromatic nitrogens is 3. The van der Waals surface area contributed by atoms with Crippen LogP contribution in [0.25, 0.3) is 0 Å². The molecule has 0 saturated heterocycles. The predicted octanol–water partition coefficient (Wildman–Crippen LogP) is 2.73. The van der Waals surface area contributed by atoms with Crippen molar-refractivity contribution in [1.82, 2.24) is 14.5 Å². The second-order valence-corrected chi connectivity index (χ2v) is 4.58. The number of aryl methyl sites for hydroxylation is 1. The molecule has 0 aliphatic heterocycles. The van der Waals surface area contributed by atoms with E-state index in [2.05, 4.69) is 15.3 Å². The van der Waals surface area contributed by atoms with Gasteiger partial charge in [-0.15, -0.1) is 0 Å². The summed E-state index contributed by atoms with van der Waals surface area (Å²) in [6, 6.07) is 2.76. The Morgan fingerprint density at radius 3 is 2.95 bits per heavy atom. The first-order chi connectivity index (χ1) is 9.66. The van der Waals surface area contributed by atoms with Gasteiger partial charge in [0.25, 0.3) is 0 Å². The molecular formula is C12H14ClN5O2. The van der Waals surface area contributed by atoms with E-state index in [1.807, 2.05) is 10.8 Å². The van der Waals surface area contributed by atoms with Gasteiger partial charge in [0.05, 0.1) is 11.3 Å². The largest absolute Gasteiger partial charge is 0.364 e. The summed E-state index contributed by atoms with van der Waals surface area (Å²) in [4.78, 5) is 18.3. The minimum absolute atomic E-state index is 0.0657. The third-order valence-corrected chi connectivity index (χ3v) is 2.94. The standard InChI is InChI=1S/C12H14ClN5O2/c13-11-4-3-10(18(19)20)12(16-11)15-5-1-2-7-17-8-6-14-9-17/h3-4,6,8-9H,1-2,5,7H2,(H,15,16). The summed E-state index contributed by atoms with van der Waals surface area (Å²) < 4.78 is 1.99. The summed E-state index contributed by atoms with van der Waals surface area (Å²) >= 11 is 5.75. The molecule has 8 heteroatoms. The van der Waals surface area contributed by atoms with Crippen molar-refractivity contribution in [3.05, 3.63) is 46.1 Å². The van der Waals surface area contributed by atoms with Crippen LogP contribution in [0.4, 0.5) is 11.5 Å². The zero-order valence-electron chi connectivity index (χ0n) is 10.7. The molecule has 2 rings (SSSR count). The van der Waals surface area contributed by atoms with Crippen LogP contribution >= 0.6 is 11.6 Å². The Kier molecular flexibility index (Phi) is 4.89. The highest BCUT2D eigenvalue weighted by molar-refractivity contribution is 6.29. The molecule has 0 aromatic carbocycles. The van der Waals surface area contributed by atoms with Crippen LogP contribution in [-0.4, -0.2) is 26.0 Å². The molecule has 2 heterocycles. The molecule has 0 unspecified atom stereocenters. The first-order valence-electron chi connectivity index (χ1n) is 6.17. The van der Waals surface area contributed by atoms with Crippen LogP contribution in [0.1, 0.15) is 12.8 Å². The molecule has 7 nitrogen and oxygen atoms in total. The summed E-state index contributed by atoms with van der Waals surface area (Å²) in [6.07, 6.45) is 7.20. The van der Waals surface area contributed by atoms with Gasteiger partial charge in [0.15, 0.2) is 0 Å². The SMILES string of the molecule is O=[N+]([O-])c1ccc(Cl)nc1NCCCCn1ccnc1. The minimum Gasteiger partial charge on any atom is -0.364 e. The Hall–Kier alpha value is -2.15. The van der Waals surface area contributed by atoms with Crippen molar-refractivity contribution in [1.29, 1.82) is 0 Å². The third kappa shape index (κ3) is 3.92. The number of hydrogen-bond donors (Lipinski definition) is 1. The maximum absolute atomic E-state index is 10.8. The molecule has 0 aliphatic rings. The van der Waals surface area contributed by atoms with E-state index in [1.165, 1.54) is 12.1 Å². The monoisotopic (exact) mass is 295 g/mol. The Labute approximate surface area is 120 Å². The first-order valence-corrected chi connectivity index (χ1v) is 6.55. The molecule has 0 bridgehead atoms. The van der Waals surface area contributed by atoms with Crippen LogP contribution in [-0.2, 0) is 6.54 Å². The lowest BCUT2D eigenvalue weighted by Gasteiger charge is -2.06. The van der Waals surface area contributed by atoms with Crippen LogP contribution < -0.4 is 5.32 Å². The zero-order valence-corrected chi connectivity index (χ0v) is 11.5. The summed E-state index contributed by atoms with van der Waals surface area (Å²) in [7, 11) is 0. The lowest BCUT2D eigenvalue weighted by Crippen LogP contribution is -2.07. The van der Waals surface area contributed by atoms with E-state index in [4.69, 9.17) is 11.6 Å². The molecule has 106 valence electrons. The molecule has 2 aromatic rings. The number of nitro groups is 1. The van der Waals surface area contributed by atoms with Crippen molar-refractivity contribution in [3.8, 4) is 0 Å². The number of halogens is 1. The topological polar surface area (TPSA) is 85.9 Å². The minimum atomic E-state index is -0.475. The third-order valence-electron chi connectivity index (χ3n) is 2.73. The van der Waals surface area contributed by atoms with Crippen LogP contribution in [0, 0.1) is 10.1 Å². The number of imidazole rings is 1. The maximum Gasteiger partial charge on any atom is 0.311 e. The van der Waals surface area contributed by atoms with Gasteiger partial charge in [-0.2, -0.15) is 0 Å². The average Bonchev–Trinajstić information content (AvgIpc) is 2.91. The quantitative estimate of drug-likeness (QED) is 0.367. The summed E-state index contributed by atoms with van der Waals surface area (Å²) in [5.41, 5.74) is -0.0657. The van der Waals surface area contributed by atoms with Gasteiger partial charge in [-0.1, -0.05) is 11.6 Å². The van der Waals surface area contributed by atoms with Crippen molar-refractivity contribution in [2.75, 3.05) is 11.9 Å². The van der Waals surface area contributed by atoms with E-state index in [9.17, 15) is 10.1 Å². The molecule has 0 aliphatic carbocycles. The Bertz CT molecular complexity index is 573. The van der Waals surface area contributed by atoms with Crippen molar-refractivity contribution in [2.24, 2.45) is 0 Å². The van der Waals surface area contributed by atoms with E-state index in [1.54, 1.807) is 12.5 Å². The van der Waals surface area contributed by atoms with E-state index < -0.39 is 4.92 Å². The predicted molar refractivity (Wildman–Crippen MR) is 75.9 cm³/mol. The van der Waals surface area contributed by atoms with Crippen LogP contribution in [0.5, 0.6) is 0 Å². The van der Waals surface area contributed by atoms with Crippen LogP contribution in [0.2, 0.25) is 5.15 Å². The lowest BCUT2D eigenvalue weighted by molar-refractivity contribution is -0.384. The molecule has 0 atom stereocenters. The number of anilines is 1. The molecule has 20 heavy (non-hydrogen) atoms. The lowest BCUT2D eigenvalue weighted by atomic mass is 10.3. The number of hydrogen-bond acceptors (Lipinski definition) is 5. The second-order valence-electron chi connectivity index (χ2n) is 4.19. The molecule has 0 spiro atoms. The highest BCUT2D eigenvalue weighted by Gasteiger charge is 2.14. The van der Waals surface area contributed by atoms with E-state index in [0.29, 0.717) is 6.54 Å². The van der Waals surface area contributed by atoms with Gasteiger partial charge < -0.3 is 9.88 Å². The molecule has 0 saturated carbocycles. The van der Waals surface area contributed by atoms with E-state index in [-0.39, 0.29) is 16.7 Å². The maximum atomic E-state index is 10.8. The molecule has 0 amide bonds. The number of rotatable bonds is 7.